The highest BCUT2D eigenvalue weighted by Crippen LogP contribution is 2.17. The van der Waals surface area contributed by atoms with Crippen molar-refractivity contribution in [3.05, 3.63) is 0 Å². The molecule has 5 heteroatoms. The maximum atomic E-state index is 10.8. The number of aliphatic hydroxyl groups excluding tert-OH is 1. The maximum Gasteiger partial charge on any atom is 0.148 e. The van der Waals surface area contributed by atoms with E-state index in [1.807, 2.05) is 0 Å². The van der Waals surface area contributed by atoms with Crippen molar-refractivity contribution in [2.45, 2.75) is 37.8 Å². The van der Waals surface area contributed by atoms with E-state index in [1.54, 1.807) is 0 Å². The third kappa shape index (κ3) is 4.93. The maximum absolute atomic E-state index is 10.8. The number of hydrogen-bond donors (Lipinski definition) is 2. The van der Waals surface area contributed by atoms with E-state index in [2.05, 4.69) is 5.32 Å². The Morgan fingerprint density at radius 1 is 1.29 bits per heavy atom. The van der Waals surface area contributed by atoms with Crippen LogP contribution in [0, 0.1) is 0 Å². The zero-order valence-corrected chi connectivity index (χ0v) is 9.39. The van der Waals surface area contributed by atoms with Crippen molar-refractivity contribution in [1.82, 2.24) is 5.32 Å². The third-order valence-corrected chi connectivity index (χ3v) is 3.55. The molecule has 0 atom stereocenters. The number of aliphatic hydroxyl groups is 1. The van der Waals surface area contributed by atoms with Gasteiger partial charge in [-0.15, -0.1) is 0 Å². The van der Waals surface area contributed by atoms with E-state index in [9.17, 15) is 13.5 Å². The van der Waals surface area contributed by atoms with Gasteiger partial charge in [-0.05, 0) is 25.7 Å². The summed E-state index contributed by atoms with van der Waals surface area (Å²) in [5, 5.41) is 12.5. The Labute approximate surface area is 85.6 Å². The molecule has 4 nitrogen and oxygen atoms in total. The molecule has 0 spiro atoms. The monoisotopic (exact) mass is 221 g/mol. The lowest BCUT2D eigenvalue weighted by molar-refractivity contribution is 0.117. The highest BCUT2D eigenvalue weighted by atomic mass is 32.2. The minimum Gasteiger partial charge on any atom is -0.393 e. The molecule has 0 unspecified atom stereocenters. The lowest BCUT2D eigenvalue weighted by Gasteiger charge is -2.26. The summed E-state index contributed by atoms with van der Waals surface area (Å²) in [5.41, 5.74) is 0. The summed E-state index contributed by atoms with van der Waals surface area (Å²) >= 11 is 0. The van der Waals surface area contributed by atoms with E-state index in [4.69, 9.17) is 0 Å². The van der Waals surface area contributed by atoms with E-state index in [0.29, 0.717) is 12.6 Å². The Kier molecular flexibility index (Phi) is 4.34. The second kappa shape index (κ2) is 5.09. The van der Waals surface area contributed by atoms with Gasteiger partial charge >= 0.3 is 0 Å². The normalized spacial score (nSPS) is 29.0. The fraction of sp³-hybridized carbons (Fsp3) is 1.00. The van der Waals surface area contributed by atoms with E-state index < -0.39 is 9.84 Å². The summed E-state index contributed by atoms with van der Waals surface area (Å²) in [5.74, 6) is 0.200. The average Bonchev–Trinajstić information content (AvgIpc) is 2.06. The zero-order valence-electron chi connectivity index (χ0n) is 8.57. The molecule has 2 N–H and O–H groups in total. The quantitative estimate of drug-likeness (QED) is 0.697. The van der Waals surface area contributed by atoms with Crippen LogP contribution in [0.3, 0.4) is 0 Å². The van der Waals surface area contributed by atoms with Crippen LogP contribution in [0.5, 0.6) is 0 Å². The minimum atomic E-state index is -2.85. The summed E-state index contributed by atoms with van der Waals surface area (Å²) in [4.78, 5) is 0. The molecule has 1 fully saturated rings. The standard InChI is InChI=1S/C9H19NO3S/c1-14(12,13)7-6-10-8-2-4-9(11)5-3-8/h8-11H,2-7H2,1H3. The average molecular weight is 221 g/mol. The van der Waals surface area contributed by atoms with Crippen molar-refractivity contribution in [2.24, 2.45) is 0 Å². The molecule has 0 bridgehead atoms. The summed E-state index contributed by atoms with van der Waals surface area (Å²) in [6, 6.07) is 0.389. The van der Waals surface area contributed by atoms with E-state index in [0.717, 1.165) is 25.7 Å². The van der Waals surface area contributed by atoms with Crippen LogP contribution in [0.15, 0.2) is 0 Å². The Balaban J connectivity index is 2.14. The first kappa shape index (κ1) is 11.9. The molecule has 0 saturated heterocycles. The van der Waals surface area contributed by atoms with Crippen LogP contribution < -0.4 is 5.32 Å². The Hall–Kier alpha value is -0.130. The van der Waals surface area contributed by atoms with Gasteiger partial charge in [0.25, 0.3) is 0 Å². The molecule has 0 aromatic heterocycles. The van der Waals surface area contributed by atoms with Crippen LogP contribution in [-0.4, -0.2) is 44.2 Å². The van der Waals surface area contributed by atoms with Gasteiger partial charge < -0.3 is 10.4 Å². The van der Waals surface area contributed by atoms with Crippen molar-refractivity contribution in [3.63, 3.8) is 0 Å². The van der Waals surface area contributed by atoms with Gasteiger partial charge in [-0.1, -0.05) is 0 Å². The fourth-order valence-electron chi connectivity index (χ4n) is 1.73. The third-order valence-electron chi connectivity index (χ3n) is 2.60. The SMILES string of the molecule is CS(=O)(=O)CCNC1CCC(O)CC1. The highest BCUT2D eigenvalue weighted by molar-refractivity contribution is 7.90. The lowest BCUT2D eigenvalue weighted by atomic mass is 9.93. The number of nitrogens with one attached hydrogen (secondary N) is 1. The molecule has 1 rings (SSSR count). The molecule has 0 amide bonds. The van der Waals surface area contributed by atoms with Gasteiger partial charge in [-0.25, -0.2) is 8.42 Å². The fourth-order valence-corrected chi connectivity index (χ4v) is 2.22. The number of hydrogen-bond acceptors (Lipinski definition) is 4. The first-order valence-electron chi connectivity index (χ1n) is 5.06. The molecule has 14 heavy (non-hydrogen) atoms. The molecule has 1 saturated carbocycles. The van der Waals surface area contributed by atoms with E-state index in [-0.39, 0.29) is 11.9 Å². The molecule has 0 heterocycles. The molecule has 0 aromatic carbocycles. The smallest absolute Gasteiger partial charge is 0.148 e. The molecule has 0 aliphatic heterocycles. The summed E-state index contributed by atoms with van der Waals surface area (Å²) < 4.78 is 21.7. The second-order valence-corrected chi connectivity index (χ2v) is 6.35. The van der Waals surface area contributed by atoms with Crippen LogP contribution >= 0.6 is 0 Å². The van der Waals surface area contributed by atoms with Gasteiger partial charge in [-0.3, -0.25) is 0 Å². The number of rotatable bonds is 4. The Bertz CT molecular complexity index is 255. The molecular weight excluding hydrogens is 202 g/mol. The van der Waals surface area contributed by atoms with Crippen LogP contribution in [0.25, 0.3) is 0 Å². The van der Waals surface area contributed by atoms with Crippen LogP contribution in [-0.2, 0) is 9.84 Å². The summed E-state index contributed by atoms with van der Waals surface area (Å²) in [7, 11) is -2.85. The van der Waals surface area contributed by atoms with Crippen molar-refractivity contribution < 1.29 is 13.5 Å². The molecular formula is C9H19NO3S. The Morgan fingerprint density at radius 2 is 1.86 bits per heavy atom. The van der Waals surface area contributed by atoms with Crippen LogP contribution in [0.4, 0.5) is 0 Å². The molecule has 84 valence electrons. The van der Waals surface area contributed by atoms with Gasteiger partial charge in [0.1, 0.15) is 9.84 Å². The molecule has 0 aromatic rings. The molecule has 1 aliphatic rings. The zero-order chi connectivity index (χ0) is 10.6. The van der Waals surface area contributed by atoms with Crippen LogP contribution in [0.1, 0.15) is 25.7 Å². The summed E-state index contributed by atoms with van der Waals surface area (Å²) in [6.07, 6.45) is 4.66. The highest BCUT2D eigenvalue weighted by Gasteiger charge is 2.18. The Morgan fingerprint density at radius 3 is 2.36 bits per heavy atom. The molecule has 0 radical (unpaired) electrons. The minimum absolute atomic E-state index is 0.150. The second-order valence-electron chi connectivity index (χ2n) is 4.09. The first-order chi connectivity index (χ1) is 6.47. The van der Waals surface area contributed by atoms with Crippen molar-refractivity contribution >= 4 is 9.84 Å². The van der Waals surface area contributed by atoms with Gasteiger partial charge in [-0.2, -0.15) is 0 Å². The van der Waals surface area contributed by atoms with Crippen LogP contribution in [0.2, 0.25) is 0 Å². The van der Waals surface area contributed by atoms with E-state index >= 15 is 0 Å². The first-order valence-corrected chi connectivity index (χ1v) is 7.12. The van der Waals surface area contributed by atoms with Gasteiger partial charge in [0.05, 0.1) is 11.9 Å². The van der Waals surface area contributed by atoms with Crippen molar-refractivity contribution in [2.75, 3.05) is 18.6 Å². The summed E-state index contributed by atoms with van der Waals surface area (Å²) in [6.45, 7) is 0.527. The predicted molar refractivity (Wildman–Crippen MR) is 56.0 cm³/mol. The van der Waals surface area contributed by atoms with Gasteiger partial charge in [0, 0.05) is 18.8 Å². The van der Waals surface area contributed by atoms with Gasteiger partial charge in [0.2, 0.25) is 0 Å². The van der Waals surface area contributed by atoms with Gasteiger partial charge in [0.15, 0.2) is 0 Å². The molecule has 1 aliphatic carbocycles. The lowest BCUT2D eigenvalue weighted by Crippen LogP contribution is -2.37. The number of sulfone groups is 1. The largest absolute Gasteiger partial charge is 0.393 e. The van der Waals surface area contributed by atoms with Crippen molar-refractivity contribution in [1.29, 1.82) is 0 Å². The van der Waals surface area contributed by atoms with Crippen molar-refractivity contribution in [3.8, 4) is 0 Å². The predicted octanol–water partition coefficient (Wildman–Crippen LogP) is -0.0759. The van der Waals surface area contributed by atoms with E-state index in [1.165, 1.54) is 6.26 Å². The topological polar surface area (TPSA) is 66.4 Å².